The molecule has 3 aromatic rings. The van der Waals surface area contributed by atoms with Crippen molar-refractivity contribution in [1.82, 2.24) is 15.2 Å². The second-order valence-corrected chi connectivity index (χ2v) is 6.44. The summed E-state index contributed by atoms with van der Waals surface area (Å²) in [5, 5.41) is 11.2. The zero-order chi connectivity index (χ0) is 12.4. The maximum Gasteiger partial charge on any atom is 0.203 e. The lowest BCUT2D eigenvalue weighted by Gasteiger charge is -1.91. The van der Waals surface area contributed by atoms with Crippen LogP contribution in [0.5, 0.6) is 0 Å². The summed E-state index contributed by atoms with van der Waals surface area (Å²) in [6.45, 7) is 0. The quantitative estimate of drug-likeness (QED) is 0.745. The molecule has 2 N–H and O–H groups in total. The molecular weight excluding hydrogens is 288 g/mol. The lowest BCUT2D eigenvalue weighted by atomic mass is 10.4. The molecule has 5 nitrogen and oxygen atoms in total. The SMILES string of the molecule is Nc1nnc(SCc2csc(-c3ccoc3)n2)s1. The summed E-state index contributed by atoms with van der Waals surface area (Å²) in [5.41, 5.74) is 7.56. The molecule has 92 valence electrons. The first-order valence-electron chi connectivity index (χ1n) is 5.00. The molecule has 0 aromatic carbocycles. The Morgan fingerprint density at radius 3 is 3.06 bits per heavy atom. The van der Waals surface area contributed by atoms with E-state index in [2.05, 4.69) is 15.2 Å². The van der Waals surface area contributed by atoms with E-state index in [4.69, 9.17) is 10.2 Å². The third-order valence-electron chi connectivity index (χ3n) is 2.09. The van der Waals surface area contributed by atoms with Crippen molar-refractivity contribution in [2.45, 2.75) is 10.1 Å². The molecule has 8 heteroatoms. The average Bonchev–Trinajstić information content (AvgIpc) is 3.07. The lowest BCUT2D eigenvalue weighted by molar-refractivity contribution is 0.568. The molecule has 3 aromatic heterocycles. The number of thioether (sulfide) groups is 1. The minimum atomic E-state index is 0.495. The normalized spacial score (nSPS) is 10.9. The molecule has 0 bridgehead atoms. The Kier molecular flexibility index (Phi) is 3.31. The first-order valence-corrected chi connectivity index (χ1v) is 7.68. The van der Waals surface area contributed by atoms with Gasteiger partial charge in [-0.25, -0.2) is 4.98 Å². The maximum atomic E-state index is 5.52. The monoisotopic (exact) mass is 296 g/mol. The number of nitrogens with two attached hydrogens (primary N) is 1. The van der Waals surface area contributed by atoms with Crippen LogP contribution in [0.4, 0.5) is 5.13 Å². The summed E-state index contributed by atoms with van der Waals surface area (Å²) >= 11 is 4.59. The molecule has 0 unspecified atom stereocenters. The number of thiazole rings is 1. The number of furan rings is 1. The molecule has 3 rings (SSSR count). The predicted molar refractivity (Wildman–Crippen MR) is 73.7 cm³/mol. The van der Waals surface area contributed by atoms with Gasteiger partial charge in [0.1, 0.15) is 11.3 Å². The summed E-state index contributed by atoms with van der Waals surface area (Å²) in [7, 11) is 0. The molecule has 0 fully saturated rings. The fraction of sp³-hybridized carbons (Fsp3) is 0.100. The van der Waals surface area contributed by atoms with E-state index in [1.165, 1.54) is 11.3 Å². The molecule has 0 aliphatic rings. The van der Waals surface area contributed by atoms with E-state index in [9.17, 15) is 0 Å². The molecular formula is C10H8N4OS3. The van der Waals surface area contributed by atoms with E-state index in [1.54, 1.807) is 35.6 Å². The van der Waals surface area contributed by atoms with Crippen LogP contribution in [0.3, 0.4) is 0 Å². The van der Waals surface area contributed by atoms with Crippen LogP contribution < -0.4 is 5.73 Å². The van der Waals surface area contributed by atoms with Gasteiger partial charge >= 0.3 is 0 Å². The van der Waals surface area contributed by atoms with E-state index in [1.807, 2.05) is 11.4 Å². The zero-order valence-corrected chi connectivity index (χ0v) is 11.5. The molecule has 0 saturated carbocycles. The van der Waals surface area contributed by atoms with Gasteiger partial charge in [0.25, 0.3) is 0 Å². The van der Waals surface area contributed by atoms with Gasteiger partial charge in [-0.1, -0.05) is 23.1 Å². The summed E-state index contributed by atoms with van der Waals surface area (Å²) in [6.07, 6.45) is 3.34. The van der Waals surface area contributed by atoms with Gasteiger partial charge in [0.15, 0.2) is 4.34 Å². The summed E-state index contributed by atoms with van der Waals surface area (Å²) in [4.78, 5) is 4.54. The van der Waals surface area contributed by atoms with E-state index in [-0.39, 0.29) is 0 Å². The molecule has 0 aliphatic carbocycles. The molecule has 0 spiro atoms. The Bertz CT molecular complexity index is 631. The van der Waals surface area contributed by atoms with E-state index < -0.39 is 0 Å². The van der Waals surface area contributed by atoms with Gasteiger partial charge in [0.2, 0.25) is 5.13 Å². The van der Waals surface area contributed by atoms with Crippen LogP contribution in [0, 0.1) is 0 Å². The Morgan fingerprint density at radius 1 is 1.39 bits per heavy atom. The van der Waals surface area contributed by atoms with Crippen molar-refractivity contribution in [2.24, 2.45) is 0 Å². The second-order valence-electron chi connectivity index (χ2n) is 3.35. The number of nitrogens with zero attached hydrogens (tertiary/aromatic N) is 3. The van der Waals surface area contributed by atoms with Gasteiger partial charge in [-0.3, -0.25) is 0 Å². The van der Waals surface area contributed by atoms with E-state index in [0.717, 1.165) is 26.4 Å². The fourth-order valence-corrected chi connectivity index (χ4v) is 3.75. The fourth-order valence-electron chi connectivity index (χ4n) is 1.31. The highest BCUT2D eigenvalue weighted by atomic mass is 32.2. The first-order chi connectivity index (χ1) is 8.81. The Labute approximate surface area is 115 Å². The average molecular weight is 296 g/mol. The number of anilines is 1. The van der Waals surface area contributed by atoms with Gasteiger partial charge in [-0.05, 0) is 6.07 Å². The minimum Gasteiger partial charge on any atom is -0.472 e. The predicted octanol–water partition coefficient (Wildman–Crippen LogP) is 3.13. The van der Waals surface area contributed by atoms with Crippen LogP contribution in [-0.2, 0) is 5.75 Å². The van der Waals surface area contributed by atoms with Crippen molar-refractivity contribution < 1.29 is 4.42 Å². The Morgan fingerprint density at radius 2 is 2.33 bits per heavy atom. The molecule has 3 heterocycles. The number of rotatable bonds is 4. The van der Waals surface area contributed by atoms with Crippen LogP contribution in [0.25, 0.3) is 10.6 Å². The minimum absolute atomic E-state index is 0.495. The van der Waals surface area contributed by atoms with Crippen LogP contribution in [0.1, 0.15) is 5.69 Å². The first kappa shape index (κ1) is 11.7. The molecule has 0 aliphatic heterocycles. The standard InChI is InChI=1S/C10H8N4OS3/c11-9-13-14-10(18-9)17-5-7-4-16-8(12-7)6-1-2-15-3-6/h1-4H,5H2,(H2,11,13). The van der Waals surface area contributed by atoms with Gasteiger partial charge in [-0.15, -0.1) is 21.5 Å². The van der Waals surface area contributed by atoms with Crippen molar-refractivity contribution in [3.05, 3.63) is 29.7 Å². The number of aromatic nitrogens is 3. The van der Waals surface area contributed by atoms with Crippen molar-refractivity contribution in [2.75, 3.05) is 5.73 Å². The number of nitrogen functional groups attached to an aromatic ring is 1. The third-order valence-corrected chi connectivity index (χ3v) is 4.94. The lowest BCUT2D eigenvalue weighted by Crippen LogP contribution is -1.81. The number of hydrogen-bond donors (Lipinski definition) is 1. The molecule has 0 radical (unpaired) electrons. The third kappa shape index (κ3) is 2.55. The largest absolute Gasteiger partial charge is 0.472 e. The zero-order valence-electron chi connectivity index (χ0n) is 9.07. The molecule has 0 saturated heterocycles. The van der Waals surface area contributed by atoms with Gasteiger partial charge in [-0.2, -0.15) is 0 Å². The smallest absolute Gasteiger partial charge is 0.203 e. The van der Waals surface area contributed by atoms with Crippen LogP contribution in [0.15, 0.2) is 32.7 Å². The molecule has 0 amide bonds. The van der Waals surface area contributed by atoms with Crippen molar-refractivity contribution in [3.8, 4) is 10.6 Å². The molecule has 0 atom stereocenters. The summed E-state index contributed by atoms with van der Waals surface area (Å²) in [5.74, 6) is 0.767. The highest BCUT2D eigenvalue weighted by Gasteiger charge is 2.08. The second kappa shape index (κ2) is 5.09. The van der Waals surface area contributed by atoms with Crippen molar-refractivity contribution in [3.63, 3.8) is 0 Å². The summed E-state index contributed by atoms with van der Waals surface area (Å²) in [6, 6.07) is 1.90. The van der Waals surface area contributed by atoms with Crippen molar-refractivity contribution >= 4 is 39.6 Å². The van der Waals surface area contributed by atoms with Gasteiger partial charge < -0.3 is 10.2 Å². The van der Waals surface area contributed by atoms with Gasteiger partial charge in [0, 0.05) is 16.7 Å². The van der Waals surface area contributed by atoms with Gasteiger partial charge in [0.05, 0.1) is 12.0 Å². The maximum absolute atomic E-state index is 5.52. The summed E-state index contributed by atoms with van der Waals surface area (Å²) < 4.78 is 5.91. The van der Waals surface area contributed by atoms with E-state index >= 15 is 0 Å². The van der Waals surface area contributed by atoms with Crippen molar-refractivity contribution in [1.29, 1.82) is 0 Å². The van der Waals surface area contributed by atoms with Crippen LogP contribution >= 0.6 is 34.4 Å². The Hall–Kier alpha value is -1.38. The highest BCUT2D eigenvalue weighted by molar-refractivity contribution is 8.00. The Balaban J connectivity index is 1.67. The van der Waals surface area contributed by atoms with E-state index in [0.29, 0.717) is 5.13 Å². The topological polar surface area (TPSA) is 77.8 Å². The molecule has 18 heavy (non-hydrogen) atoms. The number of hydrogen-bond acceptors (Lipinski definition) is 8. The van der Waals surface area contributed by atoms with Crippen LogP contribution in [-0.4, -0.2) is 15.2 Å². The van der Waals surface area contributed by atoms with Crippen LogP contribution in [0.2, 0.25) is 0 Å². The highest BCUT2D eigenvalue weighted by Crippen LogP contribution is 2.29.